The minimum atomic E-state index is -1.94. The van der Waals surface area contributed by atoms with Crippen LogP contribution in [0, 0.1) is 23.7 Å². The maximum atomic E-state index is 13.1. The third-order valence-electron chi connectivity index (χ3n) is 19.2. The van der Waals surface area contributed by atoms with E-state index in [0.29, 0.717) is 12.8 Å². The molecule has 9 aliphatic rings. The summed E-state index contributed by atoms with van der Waals surface area (Å²) in [6.07, 6.45) is -40.5. The molecule has 5 saturated heterocycles. The van der Waals surface area contributed by atoms with Crippen LogP contribution in [0.25, 0.3) is 0 Å². The standard InChI is InChI=1S/C57H90O33/c58-16-34-41(68)45(72)49(76)54(87-34)83-29-5-1-20(9-25(29)61)3-7-38(65)80-18-36-43(70)47(74)51(78)55(89-36)84-30-6-2-21(10-26(30)62)4-8-39(66)81-19-37-44(71)48(75)52(79)57(90-37)86-33-15-24-31(82-53(33)22-11-27(63)40(67)28(64)12-22)13-23(60)14-32(24)85-56-50(77)46(73)42(69)35(17-59)88-56/h3-4,7-8,20-37,40-64,67-79H,1-2,5-6,9-19H2. The first kappa shape index (κ1) is 71.6. The van der Waals surface area contributed by atoms with Crippen LogP contribution in [0.3, 0.4) is 0 Å². The molecule has 4 aliphatic carbocycles. The molecule has 5 heterocycles. The topological polar surface area (TPSA) is 540 Å². The summed E-state index contributed by atoms with van der Waals surface area (Å²) in [6, 6.07) is 0. The molecule has 20 N–H and O–H groups in total. The molecule has 90 heavy (non-hydrogen) atoms. The van der Waals surface area contributed by atoms with Gasteiger partial charge in [0.1, 0.15) is 117 Å². The van der Waals surface area contributed by atoms with E-state index < -0.39 is 252 Å². The highest BCUT2D eigenvalue weighted by atomic mass is 16.7. The molecule has 33 heteroatoms. The van der Waals surface area contributed by atoms with Crippen molar-refractivity contribution in [1.29, 1.82) is 0 Å². The van der Waals surface area contributed by atoms with E-state index in [4.69, 9.17) is 52.1 Å². The van der Waals surface area contributed by atoms with Gasteiger partial charge in [0, 0.05) is 24.5 Å². The SMILES string of the molecule is O=C(C=CC1CCC(OC2OC(CO)C(O)C(O)C2O)C(O)C1)OCC1OC(OC2CCC(C=CC(=O)OCC3OC(OC4CC5C(OC6OC(CO)C(O)C(O)C6O)CC(O)CC5OC4C4CC(O)C(O)C(O)C4)C(O)C(O)C3O)CC2O)C(O)C(O)C1O. The van der Waals surface area contributed by atoms with Crippen molar-refractivity contribution < 1.29 is 164 Å². The van der Waals surface area contributed by atoms with Crippen molar-refractivity contribution in [2.24, 2.45) is 23.7 Å². The van der Waals surface area contributed by atoms with Crippen molar-refractivity contribution in [2.75, 3.05) is 26.4 Å². The first-order chi connectivity index (χ1) is 42.7. The Bertz CT molecular complexity index is 2330. The second-order valence-corrected chi connectivity index (χ2v) is 25.4. The zero-order valence-corrected chi connectivity index (χ0v) is 49.0. The molecule has 516 valence electrons. The maximum Gasteiger partial charge on any atom is 0.330 e. The highest BCUT2D eigenvalue weighted by molar-refractivity contribution is 5.82. The molecule has 34 unspecified atom stereocenters. The molecule has 34 atom stereocenters. The van der Waals surface area contributed by atoms with Crippen molar-refractivity contribution in [2.45, 2.75) is 267 Å². The van der Waals surface area contributed by atoms with Gasteiger partial charge >= 0.3 is 11.9 Å². The highest BCUT2D eigenvalue weighted by Crippen LogP contribution is 2.46. The van der Waals surface area contributed by atoms with Gasteiger partial charge in [-0.2, -0.15) is 0 Å². The van der Waals surface area contributed by atoms with Crippen molar-refractivity contribution in [3.63, 3.8) is 0 Å². The van der Waals surface area contributed by atoms with Crippen LogP contribution in [-0.4, -0.2) is 337 Å². The average Bonchev–Trinajstić information content (AvgIpc) is 0.830. The lowest BCUT2D eigenvalue weighted by atomic mass is 9.72. The van der Waals surface area contributed by atoms with Crippen molar-refractivity contribution in [1.82, 2.24) is 0 Å². The second kappa shape index (κ2) is 31.4. The Kier molecular flexibility index (Phi) is 25.0. The largest absolute Gasteiger partial charge is 0.460 e. The van der Waals surface area contributed by atoms with E-state index in [1.54, 1.807) is 0 Å². The Hall–Kier alpha value is -2.74. The van der Waals surface area contributed by atoms with Gasteiger partial charge in [0.2, 0.25) is 0 Å². The molecule has 0 bridgehead atoms. The van der Waals surface area contributed by atoms with Crippen molar-refractivity contribution in [3.05, 3.63) is 24.3 Å². The summed E-state index contributed by atoms with van der Waals surface area (Å²) in [5.74, 6) is -4.04. The molecular weight excluding hydrogens is 1210 g/mol. The quantitative estimate of drug-likeness (QED) is 0.0422. The molecule has 0 aromatic carbocycles. The summed E-state index contributed by atoms with van der Waals surface area (Å²) in [7, 11) is 0. The monoisotopic (exact) mass is 1300 g/mol. The number of rotatable bonds is 19. The number of carbonyl (C=O) groups is 2. The third-order valence-corrected chi connectivity index (χ3v) is 19.2. The number of carbonyl (C=O) groups excluding carboxylic acids is 2. The normalized spacial score (nSPS) is 50.5. The highest BCUT2D eigenvalue weighted by Gasteiger charge is 2.56. The second-order valence-electron chi connectivity index (χ2n) is 25.4. The van der Waals surface area contributed by atoms with Crippen LogP contribution in [0.2, 0.25) is 0 Å². The summed E-state index contributed by atoms with van der Waals surface area (Å²) < 4.78 is 64.0. The van der Waals surface area contributed by atoms with Crippen LogP contribution in [0.4, 0.5) is 0 Å². The maximum absolute atomic E-state index is 13.1. The number of hydrogen-bond donors (Lipinski definition) is 20. The first-order valence-electron chi connectivity index (χ1n) is 30.8. The van der Waals surface area contributed by atoms with Crippen LogP contribution in [0.15, 0.2) is 24.3 Å². The van der Waals surface area contributed by atoms with Gasteiger partial charge in [-0.15, -0.1) is 0 Å². The number of aliphatic hydroxyl groups is 20. The van der Waals surface area contributed by atoms with Crippen LogP contribution in [-0.2, 0) is 61.7 Å². The van der Waals surface area contributed by atoms with Gasteiger partial charge in [-0.3, -0.25) is 0 Å². The van der Waals surface area contributed by atoms with Crippen molar-refractivity contribution >= 4 is 11.9 Å². The van der Waals surface area contributed by atoms with E-state index >= 15 is 0 Å². The number of hydrogen-bond acceptors (Lipinski definition) is 33. The predicted molar refractivity (Wildman–Crippen MR) is 290 cm³/mol. The fraction of sp³-hybridized carbons (Fsp3) is 0.895. The Morgan fingerprint density at radius 2 is 0.744 bits per heavy atom. The zero-order valence-electron chi connectivity index (χ0n) is 49.0. The summed E-state index contributed by atoms with van der Waals surface area (Å²) in [5.41, 5.74) is 0. The predicted octanol–water partition coefficient (Wildman–Crippen LogP) is -9.32. The summed E-state index contributed by atoms with van der Waals surface area (Å²) in [6.45, 7) is -2.70. The minimum Gasteiger partial charge on any atom is -0.460 e. The van der Waals surface area contributed by atoms with Gasteiger partial charge in [0.05, 0.1) is 80.4 Å². The summed E-state index contributed by atoms with van der Waals surface area (Å²) in [5, 5.41) is 212. The van der Waals surface area contributed by atoms with Crippen molar-refractivity contribution in [3.8, 4) is 0 Å². The zero-order chi connectivity index (χ0) is 65.2. The molecular formula is C57H90O33. The first-order valence-corrected chi connectivity index (χ1v) is 30.8. The van der Waals surface area contributed by atoms with Gasteiger partial charge in [-0.25, -0.2) is 9.59 Å². The summed E-state index contributed by atoms with van der Waals surface area (Å²) >= 11 is 0. The fourth-order valence-corrected chi connectivity index (χ4v) is 13.8. The number of ether oxygens (including phenoxy) is 11. The van der Waals surface area contributed by atoms with Gasteiger partial charge in [0.25, 0.3) is 0 Å². The number of aliphatic hydroxyl groups excluding tert-OH is 20. The van der Waals surface area contributed by atoms with Crippen LogP contribution < -0.4 is 0 Å². The lowest BCUT2D eigenvalue weighted by Gasteiger charge is -2.52. The summed E-state index contributed by atoms with van der Waals surface area (Å²) in [4.78, 5) is 25.9. The van der Waals surface area contributed by atoms with Crippen LogP contribution in [0.1, 0.15) is 70.6 Å². The molecule has 0 aromatic rings. The Labute approximate surface area is 515 Å². The number of fused-ring (bicyclic) bond motifs is 1. The average molecular weight is 1300 g/mol. The van der Waals surface area contributed by atoms with Gasteiger partial charge < -0.3 is 154 Å². The molecule has 0 radical (unpaired) electrons. The Balaban J connectivity index is 0.741. The van der Waals surface area contributed by atoms with Crippen LogP contribution >= 0.6 is 0 Å². The smallest absolute Gasteiger partial charge is 0.330 e. The number of esters is 2. The van der Waals surface area contributed by atoms with E-state index in [1.165, 1.54) is 12.2 Å². The van der Waals surface area contributed by atoms with E-state index in [0.717, 1.165) is 12.2 Å². The van der Waals surface area contributed by atoms with Gasteiger partial charge in [-0.05, 0) is 82.0 Å². The Morgan fingerprint density at radius 3 is 1.14 bits per heavy atom. The van der Waals surface area contributed by atoms with Crippen LogP contribution in [0.5, 0.6) is 0 Å². The Morgan fingerprint density at radius 1 is 0.367 bits per heavy atom. The lowest BCUT2D eigenvalue weighted by Crippen LogP contribution is -2.63. The molecule has 4 saturated carbocycles. The van der Waals surface area contributed by atoms with E-state index in [9.17, 15) is 112 Å². The molecule has 0 amide bonds. The van der Waals surface area contributed by atoms with E-state index in [-0.39, 0.29) is 63.7 Å². The molecule has 0 spiro atoms. The lowest BCUT2D eigenvalue weighted by molar-refractivity contribution is -0.345. The fourth-order valence-electron chi connectivity index (χ4n) is 13.8. The van der Waals surface area contributed by atoms with Gasteiger partial charge in [-0.1, -0.05) is 12.2 Å². The molecule has 33 nitrogen and oxygen atoms in total. The molecule has 9 rings (SSSR count). The number of allylic oxidation sites excluding steroid dienone is 2. The van der Waals surface area contributed by atoms with Gasteiger partial charge in [0.15, 0.2) is 25.2 Å². The van der Waals surface area contributed by atoms with E-state index in [1.807, 2.05) is 0 Å². The van der Waals surface area contributed by atoms with E-state index in [2.05, 4.69) is 0 Å². The molecule has 9 fully saturated rings. The minimum absolute atomic E-state index is 0.0152. The third kappa shape index (κ3) is 16.5. The molecule has 5 aliphatic heterocycles. The molecule has 0 aromatic heterocycles.